The monoisotopic (exact) mass is 296 g/mol. The summed E-state index contributed by atoms with van der Waals surface area (Å²) in [5.41, 5.74) is 2.13. The number of aliphatic hydroxyl groups is 1. The maximum absolute atomic E-state index is 9.83. The van der Waals surface area contributed by atoms with Gasteiger partial charge < -0.3 is 24.1 Å². The Morgan fingerprint density at radius 1 is 1.05 bits per heavy atom. The molecule has 2 rings (SSSR count). The van der Waals surface area contributed by atoms with Gasteiger partial charge in [0, 0.05) is 12.7 Å². The fourth-order valence-corrected chi connectivity index (χ4v) is 2.41. The molecule has 1 N–H and O–H groups in total. The predicted molar refractivity (Wildman–Crippen MR) is 78.7 cm³/mol. The van der Waals surface area contributed by atoms with Gasteiger partial charge in [-0.05, 0) is 24.5 Å². The molecule has 1 aliphatic rings. The highest BCUT2D eigenvalue weighted by Crippen LogP contribution is 2.36. The topological polar surface area (TPSA) is 57.2 Å². The largest absolute Gasteiger partial charge is 0.491 e. The Labute approximate surface area is 125 Å². The third kappa shape index (κ3) is 4.97. The van der Waals surface area contributed by atoms with Gasteiger partial charge >= 0.3 is 0 Å². The van der Waals surface area contributed by atoms with E-state index in [0.717, 1.165) is 29.7 Å². The Morgan fingerprint density at radius 3 is 2.52 bits per heavy atom. The van der Waals surface area contributed by atoms with Crippen molar-refractivity contribution in [3.8, 4) is 5.75 Å². The molecule has 1 aromatic carbocycles. The van der Waals surface area contributed by atoms with E-state index in [1.54, 1.807) is 7.11 Å². The standard InChI is InChI=1S/C16H24O5/c1-18-7-8-19-9-10-20-11-12-21-16-4-2-3-13-14(16)5-6-15(13)17/h2-4,15,17H,5-12H2,1H3. The first kappa shape index (κ1) is 16.2. The van der Waals surface area contributed by atoms with Crippen LogP contribution in [0.4, 0.5) is 0 Å². The van der Waals surface area contributed by atoms with Crippen LogP contribution in [-0.4, -0.2) is 51.9 Å². The molecule has 0 saturated carbocycles. The van der Waals surface area contributed by atoms with Crippen molar-refractivity contribution in [3.63, 3.8) is 0 Å². The molecular formula is C16H24O5. The normalized spacial score (nSPS) is 17.0. The van der Waals surface area contributed by atoms with Crippen molar-refractivity contribution in [3.05, 3.63) is 29.3 Å². The minimum Gasteiger partial charge on any atom is -0.491 e. The molecule has 0 amide bonds. The third-order valence-corrected chi connectivity index (χ3v) is 3.49. The van der Waals surface area contributed by atoms with Crippen LogP contribution in [-0.2, 0) is 20.6 Å². The molecule has 1 aromatic rings. The van der Waals surface area contributed by atoms with Gasteiger partial charge in [0.05, 0.1) is 39.1 Å². The van der Waals surface area contributed by atoms with Gasteiger partial charge in [-0.25, -0.2) is 0 Å². The van der Waals surface area contributed by atoms with E-state index in [-0.39, 0.29) is 6.10 Å². The van der Waals surface area contributed by atoms with Gasteiger partial charge in [0.1, 0.15) is 12.4 Å². The Kier molecular flexibility index (Phi) is 6.95. The SMILES string of the molecule is COCCOCCOCCOc1cccc2c1CCC2O. The molecule has 118 valence electrons. The van der Waals surface area contributed by atoms with Gasteiger partial charge in [-0.2, -0.15) is 0 Å². The van der Waals surface area contributed by atoms with E-state index in [2.05, 4.69) is 0 Å². The maximum Gasteiger partial charge on any atom is 0.122 e. The second-order valence-corrected chi connectivity index (χ2v) is 4.94. The van der Waals surface area contributed by atoms with Crippen LogP contribution in [0.5, 0.6) is 5.75 Å². The van der Waals surface area contributed by atoms with Gasteiger partial charge in [0.25, 0.3) is 0 Å². The quantitative estimate of drug-likeness (QED) is 0.666. The lowest BCUT2D eigenvalue weighted by Gasteiger charge is -2.11. The van der Waals surface area contributed by atoms with E-state index in [0.29, 0.717) is 39.6 Å². The highest BCUT2D eigenvalue weighted by molar-refractivity contribution is 5.44. The number of fused-ring (bicyclic) bond motifs is 1. The second kappa shape index (κ2) is 9.00. The van der Waals surface area contributed by atoms with Crippen LogP contribution in [0.1, 0.15) is 23.7 Å². The number of aliphatic hydroxyl groups excluding tert-OH is 1. The lowest BCUT2D eigenvalue weighted by molar-refractivity contribution is 0.0179. The van der Waals surface area contributed by atoms with Crippen LogP contribution in [0.25, 0.3) is 0 Å². The smallest absolute Gasteiger partial charge is 0.122 e. The Bertz CT molecular complexity index is 421. The van der Waals surface area contributed by atoms with E-state index in [1.165, 1.54) is 0 Å². The van der Waals surface area contributed by atoms with Crippen molar-refractivity contribution >= 4 is 0 Å². The van der Waals surface area contributed by atoms with E-state index < -0.39 is 0 Å². The molecule has 0 fully saturated rings. The van der Waals surface area contributed by atoms with Crippen LogP contribution >= 0.6 is 0 Å². The summed E-state index contributed by atoms with van der Waals surface area (Å²) in [5.74, 6) is 0.865. The summed E-state index contributed by atoms with van der Waals surface area (Å²) < 4.78 is 21.4. The summed E-state index contributed by atoms with van der Waals surface area (Å²) in [4.78, 5) is 0. The first-order valence-corrected chi connectivity index (χ1v) is 7.40. The summed E-state index contributed by atoms with van der Waals surface area (Å²) in [5, 5.41) is 9.83. The average molecular weight is 296 g/mol. The van der Waals surface area contributed by atoms with Crippen LogP contribution in [0, 0.1) is 0 Å². The van der Waals surface area contributed by atoms with Crippen LogP contribution in [0.2, 0.25) is 0 Å². The molecule has 0 bridgehead atoms. The van der Waals surface area contributed by atoms with E-state index in [4.69, 9.17) is 18.9 Å². The van der Waals surface area contributed by atoms with Gasteiger partial charge in [0.2, 0.25) is 0 Å². The number of hydrogen-bond acceptors (Lipinski definition) is 5. The molecule has 1 unspecified atom stereocenters. The zero-order valence-electron chi connectivity index (χ0n) is 12.5. The summed E-state index contributed by atoms with van der Waals surface area (Å²) in [6, 6.07) is 5.84. The van der Waals surface area contributed by atoms with E-state index in [9.17, 15) is 5.11 Å². The maximum atomic E-state index is 9.83. The van der Waals surface area contributed by atoms with Crippen molar-refractivity contribution < 1.29 is 24.1 Å². The lowest BCUT2D eigenvalue weighted by Crippen LogP contribution is -2.12. The first-order chi connectivity index (χ1) is 10.3. The minimum absolute atomic E-state index is 0.343. The number of methoxy groups -OCH3 is 1. The van der Waals surface area contributed by atoms with Gasteiger partial charge in [-0.15, -0.1) is 0 Å². The highest BCUT2D eigenvalue weighted by Gasteiger charge is 2.22. The van der Waals surface area contributed by atoms with E-state index >= 15 is 0 Å². The highest BCUT2D eigenvalue weighted by atomic mass is 16.6. The molecule has 0 aliphatic heterocycles. The van der Waals surface area contributed by atoms with Gasteiger partial charge in [0.15, 0.2) is 0 Å². The van der Waals surface area contributed by atoms with Crippen molar-refractivity contribution in [1.29, 1.82) is 0 Å². The Balaban J connectivity index is 1.60. The number of benzene rings is 1. The van der Waals surface area contributed by atoms with Crippen LogP contribution in [0.15, 0.2) is 18.2 Å². The van der Waals surface area contributed by atoms with E-state index in [1.807, 2.05) is 18.2 Å². The summed E-state index contributed by atoms with van der Waals surface area (Å²) in [7, 11) is 1.65. The molecule has 5 heteroatoms. The zero-order valence-corrected chi connectivity index (χ0v) is 12.5. The molecule has 0 saturated heterocycles. The van der Waals surface area contributed by atoms with Crippen molar-refractivity contribution in [2.75, 3.05) is 46.8 Å². The van der Waals surface area contributed by atoms with Crippen LogP contribution < -0.4 is 4.74 Å². The molecule has 21 heavy (non-hydrogen) atoms. The average Bonchev–Trinajstić information content (AvgIpc) is 2.88. The number of hydrogen-bond donors (Lipinski definition) is 1. The molecule has 5 nitrogen and oxygen atoms in total. The van der Waals surface area contributed by atoms with Crippen molar-refractivity contribution in [2.24, 2.45) is 0 Å². The molecular weight excluding hydrogens is 272 g/mol. The summed E-state index contributed by atoms with van der Waals surface area (Å²) in [6.07, 6.45) is 1.32. The number of rotatable bonds is 10. The Hall–Kier alpha value is -1.14. The van der Waals surface area contributed by atoms with Crippen molar-refractivity contribution in [1.82, 2.24) is 0 Å². The van der Waals surface area contributed by atoms with Gasteiger partial charge in [-0.3, -0.25) is 0 Å². The molecule has 0 spiro atoms. The Morgan fingerprint density at radius 2 is 1.76 bits per heavy atom. The van der Waals surface area contributed by atoms with Crippen molar-refractivity contribution in [2.45, 2.75) is 18.9 Å². The third-order valence-electron chi connectivity index (χ3n) is 3.49. The first-order valence-electron chi connectivity index (χ1n) is 7.40. The van der Waals surface area contributed by atoms with Crippen LogP contribution in [0.3, 0.4) is 0 Å². The number of ether oxygens (including phenoxy) is 4. The second-order valence-electron chi connectivity index (χ2n) is 4.94. The van der Waals surface area contributed by atoms with Gasteiger partial charge in [-0.1, -0.05) is 12.1 Å². The minimum atomic E-state index is -0.343. The molecule has 1 aliphatic carbocycles. The fourth-order valence-electron chi connectivity index (χ4n) is 2.41. The molecule has 0 heterocycles. The molecule has 1 atom stereocenters. The fraction of sp³-hybridized carbons (Fsp3) is 0.625. The molecule has 0 radical (unpaired) electrons. The summed E-state index contributed by atoms with van der Waals surface area (Å²) >= 11 is 0. The summed E-state index contributed by atoms with van der Waals surface area (Å²) in [6.45, 7) is 3.35. The predicted octanol–water partition coefficient (Wildman–Crippen LogP) is 1.72. The lowest BCUT2D eigenvalue weighted by atomic mass is 10.1. The zero-order chi connectivity index (χ0) is 14.9. The molecule has 0 aromatic heterocycles.